The Balaban J connectivity index is 1.78. The number of benzene rings is 1. The molecule has 0 atom stereocenters. The molecule has 1 amide bonds. The van der Waals surface area contributed by atoms with Crippen LogP contribution in [0.3, 0.4) is 0 Å². The van der Waals surface area contributed by atoms with Gasteiger partial charge in [0.2, 0.25) is 5.91 Å². The van der Waals surface area contributed by atoms with Crippen LogP contribution in [-0.4, -0.2) is 48.3 Å². The van der Waals surface area contributed by atoms with Crippen molar-refractivity contribution in [3.63, 3.8) is 0 Å². The molecule has 0 radical (unpaired) electrons. The minimum Gasteiger partial charge on any atom is -0.399 e. The van der Waals surface area contributed by atoms with E-state index in [1.807, 2.05) is 29.2 Å². The van der Waals surface area contributed by atoms with Crippen molar-refractivity contribution in [3.8, 4) is 0 Å². The maximum absolute atomic E-state index is 12.2. The first-order valence-electron chi connectivity index (χ1n) is 7.03. The van der Waals surface area contributed by atoms with E-state index in [1.165, 1.54) is 0 Å². The van der Waals surface area contributed by atoms with Gasteiger partial charge < -0.3 is 20.5 Å². The van der Waals surface area contributed by atoms with Crippen molar-refractivity contribution < 1.29 is 14.6 Å². The van der Waals surface area contributed by atoms with Crippen molar-refractivity contribution in [2.24, 2.45) is 0 Å². The molecule has 1 aliphatic heterocycles. The smallest absolute Gasteiger partial charge is 0.226 e. The largest absolute Gasteiger partial charge is 0.399 e. The number of nitrogen functional groups attached to an aromatic ring is 1. The third-order valence-electron chi connectivity index (χ3n) is 3.57. The fraction of sp³-hybridized carbons (Fsp3) is 0.533. The van der Waals surface area contributed by atoms with Crippen molar-refractivity contribution in [1.29, 1.82) is 0 Å². The molecule has 1 aliphatic rings. The van der Waals surface area contributed by atoms with E-state index in [4.69, 9.17) is 15.6 Å². The molecule has 1 aromatic carbocycles. The molecule has 2 rings (SSSR count). The fourth-order valence-electron chi connectivity index (χ4n) is 2.41. The van der Waals surface area contributed by atoms with Crippen molar-refractivity contribution >= 4 is 11.6 Å². The maximum Gasteiger partial charge on any atom is 0.226 e. The molecule has 3 N–H and O–H groups in total. The van der Waals surface area contributed by atoms with Crippen LogP contribution in [-0.2, 0) is 16.0 Å². The lowest BCUT2D eigenvalue weighted by Gasteiger charge is -2.32. The number of carbonyl (C=O) groups is 1. The summed E-state index contributed by atoms with van der Waals surface area (Å²) in [4.78, 5) is 14.1. The predicted molar refractivity (Wildman–Crippen MR) is 77.2 cm³/mol. The summed E-state index contributed by atoms with van der Waals surface area (Å²) < 4.78 is 5.49. The van der Waals surface area contributed by atoms with Gasteiger partial charge in [-0.15, -0.1) is 0 Å². The number of likely N-dealkylation sites (tertiary alicyclic amines) is 1. The van der Waals surface area contributed by atoms with Crippen LogP contribution in [0, 0.1) is 0 Å². The number of amides is 1. The summed E-state index contributed by atoms with van der Waals surface area (Å²) in [6.45, 7) is 1.88. The van der Waals surface area contributed by atoms with Crippen LogP contribution in [0.4, 0.5) is 5.69 Å². The Morgan fingerprint density at radius 1 is 1.30 bits per heavy atom. The number of carbonyl (C=O) groups excluding carboxylic acids is 1. The van der Waals surface area contributed by atoms with E-state index in [0.29, 0.717) is 18.7 Å². The second kappa shape index (κ2) is 7.26. The van der Waals surface area contributed by atoms with Crippen molar-refractivity contribution in [1.82, 2.24) is 4.90 Å². The number of aliphatic hydroxyl groups is 1. The monoisotopic (exact) mass is 278 g/mol. The molecule has 0 aromatic heterocycles. The summed E-state index contributed by atoms with van der Waals surface area (Å²) in [5.41, 5.74) is 7.33. The van der Waals surface area contributed by atoms with Gasteiger partial charge in [-0.25, -0.2) is 0 Å². The fourth-order valence-corrected chi connectivity index (χ4v) is 2.41. The van der Waals surface area contributed by atoms with Crippen LogP contribution in [0.25, 0.3) is 0 Å². The van der Waals surface area contributed by atoms with E-state index in [2.05, 4.69) is 0 Å². The Labute approximate surface area is 119 Å². The summed E-state index contributed by atoms with van der Waals surface area (Å²) in [5, 5.41) is 8.72. The van der Waals surface area contributed by atoms with Gasteiger partial charge in [0, 0.05) is 18.8 Å². The Morgan fingerprint density at radius 3 is 2.55 bits per heavy atom. The molecular formula is C15H22N2O3. The van der Waals surface area contributed by atoms with Crippen molar-refractivity contribution in [3.05, 3.63) is 29.8 Å². The summed E-state index contributed by atoms with van der Waals surface area (Å²) in [6.07, 6.45) is 2.27. The van der Waals surface area contributed by atoms with Crippen LogP contribution in [0.15, 0.2) is 24.3 Å². The standard InChI is InChI=1S/C15H22N2O3/c16-13-3-1-12(2-4-13)11-15(19)17-7-5-14(6-8-17)20-10-9-18/h1-4,14,18H,5-11,16H2. The highest BCUT2D eigenvalue weighted by atomic mass is 16.5. The number of rotatable bonds is 5. The molecule has 0 bridgehead atoms. The maximum atomic E-state index is 12.2. The lowest BCUT2D eigenvalue weighted by molar-refractivity contribution is -0.133. The summed E-state index contributed by atoms with van der Waals surface area (Å²) in [7, 11) is 0. The Morgan fingerprint density at radius 2 is 1.95 bits per heavy atom. The number of ether oxygens (including phenoxy) is 1. The molecule has 0 unspecified atom stereocenters. The minimum atomic E-state index is 0.0519. The van der Waals surface area contributed by atoms with Crippen LogP contribution in [0.2, 0.25) is 0 Å². The first kappa shape index (κ1) is 14.8. The third-order valence-corrected chi connectivity index (χ3v) is 3.57. The van der Waals surface area contributed by atoms with Gasteiger partial charge in [0.05, 0.1) is 25.7 Å². The molecule has 110 valence electrons. The number of nitrogens with two attached hydrogens (primary N) is 1. The van der Waals surface area contributed by atoms with Crippen LogP contribution < -0.4 is 5.73 Å². The van der Waals surface area contributed by atoms with E-state index >= 15 is 0 Å². The van der Waals surface area contributed by atoms with Crippen LogP contribution in [0.1, 0.15) is 18.4 Å². The number of aliphatic hydroxyl groups excluding tert-OH is 1. The van der Waals surface area contributed by atoms with Gasteiger partial charge in [0.1, 0.15) is 0 Å². The van der Waals surface area contributed by atoms with Gasteiger partial charge >= 0.3 is 0 Å². The number of anilines is 1. The lowest BCUT2D eigenvalue weighted by atomic mass is 10.1. The van der Waals surface area contributed by atoms with E-state index < -0.39 is 0 Å². The Hall–Kier alpha value is -1.59. The van der Waals surface area contributed by atoms with Gasteiger partial charge in [0.15, 0.2) is 0 Å². The SMILES string of the molecule is Nc1ccc(CC(=O)N2CCC(OCCO)CC2)cc1. The number of hydrogen-bond acceptors (Lipinski definition) is 4. The summed E-state index contributed by atoms with van der Waals surface area (Å²) in [5.74, 6) is 0.148. The Bertz CT molecular complexity index is 425. The quantitative estimate of drug-likeness (QED) is 0.782. The molecular weight excluding hydrogens is 256 g/mol. The average Bonchev–Trinajstić information content (AvgIpc) is 2.48. The zero-order valence-corrected chi connectivity index (χ0v) is 11.6. The predicted octanol–water partition coefficient (Wildman–Crippen LogP) is 0.811. The van der Waals surface area contributed by atoms with Gasteiger partial charge in [0.25, 0.3) is 0 Å². The second-order valence-electron chi connectivity index (χ2n) is 5.09. The highest BCUT2D eigenvalue weighted by molar-refractivity contribution is 5.79. The first-order valence-corrected chi connectivity index (χ1v) is 7.03. The van der Waals surface area contributed by atoms with Crippen LogP contribution >= 0.6 is 0 Å². The number of nitrogens with zero attached hydrogens (tertiary/aromatic N) is 1. The van der Waals surface area contributed by atoms with E-state index in [0.717, 1.165) is 31.5 Å². The molecule has 5 heteroatoms. The molecule has 5 nitrogen and oxygen atoms in total. The van der Waals surface area contributed by atoms with Gasteiger partial charge in [-0.3, -0.25) is 4.79 Å². The Kier molecular flexibility index (Phi) is 5.38. The molecule has 1 heterocycles. The number of piperidine rings is 1. The highest BCUT2D eigenvalue weighted by Crippen LogP contribution is 2.15. The van der Waals surface area contributed by atoms with Crippen molar-refractivity contribution in [2.75, 3.05) is 32.0 Å². The van der Waals surface area contributed by atoms with Crippen molar-refractivity contribution in [2.45, 2.75) is 25.4 Å². The molecule has 0 aliphatic carbocycles. The van der Waals surface area contributed by atoms with Gasteiger partial charge in [-0.2, -0.15) is 0 Å². The zero-order chi connectivity index (χ0) is 14.4. The zero-order valence-electron chi connectivity index (χ0n) is 11.6. The average molecular weight is 278 g/mol. The lowest BCUT2D eigenvalue weighted by Crippen LogP contribution is -2.41. The topological polar surface area (TPSA) is 75.8 Å². The molecule has 20 heavy (non-hydrogen) atoms. The molecule has 1 fully saturated rings. The first-order chi connectivity index (χ1) is 9.69. The van der Waals surface area contributed by atoms with Gasteiger partial charge in [-0.05, 0) is 30.5 Å². The second-order valence-corrected chi connectivity index (χ2v) is 5.09. The van der Waals surface area contributed by atoms with Crippen LogP contribution in [0.5, 0.6) is 0 Å². The normalized spacial score (nSPS) is 16.4. The molecule has 0 saturated carbocycles. The van der Waals surface area contributed by atoms with Gasteiger partial charge in [-0.1, -0.05) is 12.1 Å². The van der Waals surface area contributed by atoms with E-state index in [1.54, 1.807) is 0 Å². The number of hydrogen-bond donors (Lipinski definition) is 2. The van der Waals surface area contributed by atoms with E-state index in [-0.39, 0.29) is 18.6 Å². The minimum absolute atomic E-state index is 0.0519. The summed E-state index contributed by atoms with van der Waals surface area (Å²) in [6, 6.07) is 7.42. The molecule has 1 saturated heterocycles. The van der Waals surface area contributed by atoms with E-state index in [9.17, 15) is 4.79 Å². The third kappa shape index (κ3) is 4.21. The highest BCUT2D eigenvalue weighted by Gasteiger charge is 2.22. The molecule has 1 aromatic rings. The molecule has 0 spiro atoms. The summed E-state index contributed by atoms with van der Waals surface area (Å²) >= 11 is 0.